The number of halogens is 1. The van der Waals surface area contributed by atoms with E-state index < -0.39 is 0 Å². The highest BCUT2D eigenvalue weighted by molar-refractivity contribution is 7.16. The third-order valence-corrected chi connectivity index (χ3v) is 3.99. The average Bonchev–Trinajstić information content (AvgIpc) is 2.99. The van der Waals surface area contributed by atoms with Crippen LogP contribution in [0.3, 0.4) is 0 Å². The number of benzene rings is 1. The number of hydrogen-bond donors (Lipinski definition) is 0. The lowest BCUT2D eigenvalue weighted by Crippen LogP contribution is -1.97. The molecule has 0 saturated heterocycles. The molecule has 4 nitrogen and oxygen atoms in total. The van der Waals surface area contributed by atoms with Gasteiger partial charge in [0.2, 0.25) is 4.96 Å². The van der Waals surface area contributed by atoms with Crippen LogP contribution in [0, 0.1) is 6.92 Å². The summed E-state index contributed by atoms with van der Waals surface area (Å²) in [6, 6.07) is 7.96. The summed E-state index contributed by atoms with van der Waals surface area (Å²) in [6.45, 7) is 2.63. The molecule has 0 spiro atoms. The zero-order chi connectivity index (χ0) is 13.9. The maximum Gasteiger partial charge on any atom is 0.212 e. The maximum atomic E-state index is 5.62. The molecule has 3 aromatic rings. The highest BCUT2D eigenvalue weighted by Gasteiger charge is 2.09. The molecule has 2 aromatic heterocycles. The molecule has 2 heterocycles. The van der Waals surface area contributed by atoms with Crippen LogP contribution in [0.2, 0.25) is 0 Å². The largest absolute Gasteiger partial charge is 0.494 e. The van der Waals surface area contributed by atoms with E-state index in [-0.39, 0.29) is 0 Å². The Labute approximate surface area is 126 Å². The summed E-state index contributed by atoms with van der Waals surface area (Å²) in [6.07, 6.45) is 2.70. The van der Waals surface area contributed by atoms with Crippen molar-refractivity contribution in [1.82, 2.24) is 14.6 Å². The molecule has 0 bridgehead atoms. The van der Waals surface area contributed by atoms with E-state index in [2.05, 4.69) is 10.1 Å². The molecular weight excluding hydrogens is 294 g/mol. The Balaban J connectivity index is 1.83. The summed E-state index contributed by atoms with van der Waals surface area (Å²) in [5, 5.41) is 5.47. The number of aryl methyl sites for hydroxylation is 1. The minimum absolute atomic E-state index is 0.620. The standard InChI is InChI=1S/C14H14ClN3OS/c1-10-17-18-13(9-16-14(18)20-10)11-3-5-12(6-4-11)19-8-2-7-15/h3-6,9H,2,7-8H2,1H3. The number of aromatic nitrogens is 3. The number of alkyl halides is 1. The van der Waals surface area contributed by atoms with E-state index in [1.807, 2.05) is 41.9 Å². The van der Waals surface area contributed by atoms with Crippen LogP contribution < -0.4 is 4.74 Å². The highest BCUT2D eigenvalue weighted by Crippen LogP contribution is 2.25. The fourth-order valence-corrected chi connectivity index (χ4v) is 2.78. The molecule has 0 N–H and O–H groups in total. The molecule has 1 aromatic carbocycles. The van der Waals surface area contributed by atoms with E-state index in [1.54, 1.807) is 11.3 Å². The first-order chi connectivity index (χ1) is 9.78. The molecule has 0 atom stereocenters. The number of imidazole rings is 1. The van der Waals surface area contributed by atoms with Crippen LogP contribution in [-0.2, 0) is 0 Å². The van der Waals surface area contributed by atoms with Crippen LogP contribution in [0.15, 0.2) is 30.5 Å². The van der Waals surface area contributed by atoms with Crippen LogP contribution in [0.5, 0.6) is 5.75 Å². The van der Waals surface area contributed by atoms with Gasteiger partial charge in [0.05, 0.1) is 18.5 Å². The van der Waals surface area contributed by atoms with E-state index in [1.165, 1.54) is 0 Å². The van der Waals surface area contributed by atoms with Crippen LogP contribution in [-0.4, -0.2) is 27.1 Å². The fraction of sp³-hybridized carbons (Fsp3) is 0.286. The summed E-state index contributed by atoms with van der Waals surface area (Å²) in [5.74, 6) is 1.48. The third kappa shape index (κ3) is 2.64. The minimum atomic E-state index is 0.620. The van der Waals surface area contributed by atoms with Crippen molar-refractivity contribution in [2.75, 3.05) is 12.5 Å². The van der Waals surface area contributed by atoms with Gasteiger partial charge < -0.3 is 4.74 Å². The molecule has 0 radical (unpaired) electrons. The number of hydrogen-bond acceptors (Lipinski definition) is 4. The van der Waals surface area contributed by atoms with Crippen LogP contribution in [0.1, 0.15) is 11.4 Å². The number of ether oxygens (including phenoxy) is 1. The van der Waals surface area contributed by atoms with Gasteiger partial charge in [0, 0.05) is 11.4 Å². The summed E-state index contributed by atoms with van der Waals surface area (Å²) < 4.78 is 7.47. The first kappa shape index (κ1) is 13.4. The van der Waals surface area contributed by atoms with Crippen molar-refractivity contribution in [1.29, 1.82) is 0 Å². The van der Waals surface area contributed by atoms with Gasteiger partial charge in [0.1, 0.15) is 10.8 Å². The molecule has 0 aliphatic rings. The molecule has 104 valence electrons. The van der Waals surface area contributed by atoms with Crippen molar-refractivity contribution in [2.45, 2.75) is 13.3 Å². The molecule has 20 heavy (non-hydrogen) atoms. The van der Waals surface area contributed by atoms with E-state index in [0.717, 1.165) is 33.4 Å². The van der Waals surface area contributed by atoms with Crippen molar-refractivity contribution in [3.63, 3.8) is 0 Å². The third-order valence-electron chi connectivity index (χ3n) is 2.88. The lowest BCUT2D eigenvalue weighted by molar-refractivity contribution is 0.318. The first-order valence-corrected chi connectivity index (χ1v) is 7.73. The van der Waals surface area contributed by atoms with E-state index in [4.69, 9.17) is 16.3 Å². The second kappa shape index (κ2) is 5.81. The Hall–Kier alpha value is -1.59. The second-order valence-corrected chi connectivity index (χ2v) is 5.91. The Kier molecular flexibility index (Phi) is 3.89. The molecule has 3 rings (SSSR count). The maximum absolute atomic E-state index is 5.62. The first-order valence-electron chi connectivity index (χ1n) is 6.38. The summed E-state index contributed by atoms with van der Waals surface area (Å²) in [4.78, 5) is 5.29. The van der Waals surface area contributed by atoms with Crippen molar-refractivity contribution < 1.29 is 4.74 Å². The molecule has 0 amide bonds. The van der Waals surface area contributed by atoms with Gasteiger partial charge in [-0.1, -0.05) is 11.3 Å². The van der Waals surface area contributed by atoms with Crippen molar-refractivity contribution >= 4 is 27.9 Å². The topological polar surface area (TPSA) is 39.4 Å². The van der Waals surface area contributed by atoms with Crippen LogP contribution in [0.25, 0.3) is 16.2 Å². The van der Waals surface area contributed by atoms with Gasteiger partial charge >= 0.3 is 0 Å². The van der Waals surface area contributed by atoms with Gasteiger partial charge in [-0.15, -0.1) is 11.6 Å². The van der Waals surface area contributed by atoms with Crippen LogP contribution >= 0.6 is 22.9 Å². The van der Waals surface area contributed by atoms with E-state index in [0.29, 0.717) is 12.5 Å². The predicted octanol–water partition coefficient (Wildman–Crippen LogP) is 3.77. The highest BCUT2D eigenvalue weighted by atomic mass is 35.5. The summed E-state index contributed by atoms with van der Waals surface area (Å²) in [5.41, 5.74) is 2.07. The molecule has 0 unspecified atom stereocenters. The molecule has 0 aliphatic heterocycles. The van der Waals surface area contributed by atoms with Gasteiger partial charge in [-0.25, -0.2) is 9.50 Å². The van der Waals surface area contributed by atoms with Gasteiger partial charge in [0.25, 0.3) is 0 Å². The predicted molar refractivity (Wildman–Crippen MR) is 81.9 cm³/mol. The Morgan fingerprint density at radius 1 is 1.30 bits per heavy atom. The number of rotatable bonds is 5. The second-order valence-electron chi connectivity index (χ2n) is 4.37. The average molecular weight is 308 g/mol. The molecule has 6 heteroatoms. The normalized spacial score (nSPS) is 11.1. The Morgan fingerprint density at radius 3 is 2.85 bits per heavy atom. The molecule has 0 fully saturated rings. The smallest absolute Gasteiger partial charge is 0.212 e. The zero-order valence-corrected chi connectivity index (χ0v) is 12.6. The monoisotopic (exact) mass is 307 g/mol. The van der Waals surface area contributed by atoms with Crippen molar-refractivity contribution in [3.8, 4) is 17.0 Å². The van der Waals surface area contributed by atoms with E-state index >= 15 is 0 Å². The summed E-state index contributed by atoms with van der Waals surface area (Å²) >= 11 is 7.21. The molecular formula is C14H14ClN3OS. The number of fused-ring (bicyclic) bond motifs is 1. The Bertz CT molecular complexity index is 705. The summed E-state index contributed by atoms with van der Waals surface area (Å²) in [7, 11) is 0. The Morgan fingerprint density at radius 2 is 2.10 bits per heavy atom. The lowest BCUT2D eigenvalue weighted by atomic mass is 10.1. The zero-order valence-electron chi connectivity index (χ0n) is 11.0. The van der Waals surface area contributed by atoms with Gasteiger partial charge in [-0.3, -0.25) is 0 Å². The van der Waals surface area contributed by atoms with E-state index in [9.17, 15) is 0 Å². The molecule has 0 saturated carbocycles. The van der Waals surface area contributed by atoms with Crippen LogP contribution in [0.4, 0.5) is 0 Å². The van der Waals surface area contributed by atoms with Gasteiger partial charge in [-0.2, -0.15) is 5.10 Å². The van der Waals surface area contributed by atoms with Gasteiger partial charge in [0.15, 0.2) is 0 Å². The van der Waals surface area contributed by atoms with Crippen molar-refractivity contribution in [2.24, 2.45) is 0 Å². The molecule has 0 aliphatic carbocycles. The van der Waals surface area contributed by atoms with Crippen molar-refractivity contribution in [3.05, 3.63) is 35.5 Å². The fourth-order valence-electron chi connectivity index (χ4n) is 1.95. The number of nitrogens with zero attached hydrogens (tertiary/aromatic N) is 3. The minimum Gasteiger partial charge on any atom is -0.494 e. The quantitative estimate of drug-likeness (QED) is 0.532. The van der Waals surface area contributed by atoms with Gasteiger partial charge in [-0.05, 0) is 37.6 Å². The SMILES string of the molecule is Cc1nn2c(-c3ccc(OCCCCl)cc3)cnc2s1. The lowest BCUT2D eigenvalue weighted by Gasteiger charge is -2.05.